The van der Waals surface area contributed by atoms with Crippen molar-refractivity contribution in [2.75, 3.05) is 0 Å². The summed E-state index contributed by atoms with van der Waals surface area (Å²) in [7, 11) is 0. The van der Waals surface area contributed by atoms with Crippen molar-refractivity contribution in [3.8, 4) is 11.5 Å². The molecule has 2 rings (SSSR count). The van der Waals surface area contributed by atoms with Crippen LogP contribution in [-0.2, 0) is 0 Å². The van der Waals surface area contributed by atoms with E-state index in [0.29, 0.717) is 0 Å². The molecule has 0 saturated heterocycles. The SMILES string of the molecule is C=CCCC(N)c1cccc(Oc2ccccc2)c1. The van der Waals surface area contributed by atoms with Gasteiger partial charge in [-0.3, -0.25) is 0 Å². The molecule has 0 heterocycles. The van der Waals surface area contributed by atoms with Crippen LogP contribution < -0.4 is 10.5 Å². The van der Waals surface area contributed by atoms with Crippen LogP contribution in [0.15, 0.2) is 67.3 Å². The van der Waals surface area contributed by atoms with E-state index in [-0.39, 0.29) is 6.04 Å². The minimum absolute atomic E-state index is 0.0253. The fraction of sp³-hybridized carbons (Fsp3) is 0.176. The summed E-state index contributed by atoms with van der Waals surface area (Å²) in [5, 5.41) is 0. The largest absolute Gasteiger partial charge is 0.457 e. The molecular weight excluding hydrogens is 234 g/mol. The number of ether oxygens (including phenoxy) is 1. The average Bonchev–Trinajstić information content (AvgIpc) is 2.46. The van der Waals surface area contributed by atoms with Gasteiger partial charge in [0, 0.05) is 6.04 Å². The zero-order chi connectivity index (χ0) is 13.5. The molecule has 0 amide bonds. The van der Waals surface area contributed by atoms with Crippen LogP contribution >= 0.6 is 0 Å². The van der Waals surface area contributed by atoms with Crippen molar-refractivity contribution in [1.82, 2.24) is 0 Å². The minimum atomic E-state index is 0.0253. The molecule has 2 heteroatoms. The molecule has 0 bridgehead atoms. The van der Waals surface area contributed by atoms with Crippen molar-refractivity contribution >= 4 is 0 Å². The first kappa shape index (κ1) is 13.4. The van der Waals surface area contributed by atoms with Crippen molar-refractivity contribution in [2.45, 2.75) is 18.9 Å². The number of para-hydroxylation sites is 1. The Balaban J connectivity index is 2.08. The van der Waals surface area contributed by atoms with Gasteiger partial charge in [-0.15, -0.1) is 6.58 Å². The molecule has 0 spiro atoms. The first-order valence-electron chi connectivity index (χ1n) is 6.49. The molecule has 0 aliphatic carbocycles. The van der Waals surface area contributed by atoms with E-state index in [9.17, 15) is 0 Å². The Morgan fingerprint density at radius 1 is 1.05 bits per heavy atom. The van der Waals surface area contributed by atoms with Crippen LogP contribution in [0.1, 0.15) is 24.4 Å². The zero-order valence-electron chi connectivity index (χ0n) is 11.0. The van der Waals surface area contributed by atoms with E-state index in [0.717, 1.165) is 29.9 Å². The summed E-state index contributed by atoms with van der Waals surface area (Å²) in [6.07, 6.45) is 3.72. The monoisotopic (exact) mass is 253 g/mol. The van der Waals surface area contributed by atoms with Gasteiger partial charge < -0.3 is 10.5 Å². The van der Waals surface area contributed by atoms with Gasteiger partial charge in [-0.25, -0.2) is 0 Å². The first-order valence-corrected chi connectivity index (χ1v) is 6.49. The van der Waals surface area contributed by atoms with Crippen LogP contribution in [0.3, 0.4) is 0 Å². The molecule has 0 aliphatic rings. The third-order valence-corrected chi connectivity index (χ3v) is 2.95. The molecule has 0 aromatic heterocycles. The molecule has 0 radical (unpaired) electrons. The molecule has 2 aromatic rings. The van der Waals surface area contributed by atoms with E-state index in [4.69, 9.17) is 10.5 Å². The molecule has 0 aliphatic heterocycles. The fourth-order valence-corrected chi connectivity index (χ4v) is 1.90. The highest BCUT2D eigenvalue weighted by atomic mass is 16.5. The summed E-state index contributed by atoms with van der Waals surface area (Å²) < 4.78 is 5.80. The third kappa shape index (κ3) is 3.97. The van der Waals surface area contributed by atoms with Crippen LogP contribution in [0.5, 0.6) is 11.5 Å². The van der Waals surface area contributed by atoms with E-state index in [1.54, 1.807) is 0 Å². The normalized spacial score (nSPS) is 11.8. The van der Waals surface area contributed by atoms with Crippen LogP contribution in [-0.4, -0.2) is 0 Å². The predicted octanol–water partition coefficient (Wildman–Crippen LogP) is 4.44. The second-order valence-electron chi connectivity index (χ2n) is 4.46. The standard InChI is InChI=1S/C17H19NO/c1-2-3-12-17(18)14-8-7-11-16(13-14)19-15-9-5-4-6-10-15/h2,4-11,13,17H,1,3,12,18H2. The quantitative estimate of drug-likeness (QED) is 0.772. The number of benzene rings is 2. The lowest BCUT2D eigenvalue weighted by molar-refractivity contribution is 0.481. The van der Waals surface area contributed by atoms with Crippen molar-refractivity contribution < 1.29 is 4.74 Å². The maximum absolute atomic E-state index is 6.14. The highest BCUT2D eigenvalue weighted by Gasteiger charge is 2.06. The van der Waals surface area contributed by atoms with E-state index in [1.165, 1.54) is 0 Å². The lowest BCUT2D eigenvalue weighted by Gasteiger charge is -2.12. The number of nitrogens with two attached hydrogens (primary N) is 1. The van der Waals surface area contributed by atoms with E-state index < -0.39 is 0 Å². The first-order chi connectivity index (χ1) is 9.29. The van der Waals surface area contributed by atoms with E-state index in [2.05, 4.69) is 6.58 Å². The van der Waals surface area contributed by atoms with Gasteiger partial charge in [-0.05, 0) is 42.7 Å². The lowest BCUT2D eigenvalue weighted by atomic mass is 10.0. The van der Waals surface area contributed by atoms with Gasteiger partial charge in [-0.1, -0.05) is 36.4 Å². The Hall–Kier alpha value is -2.06. The molecule has 2 aromatic carbocycles. The van der Waals surface area contributed by atoms with Gasteiger partial charge in [0.2, 0.25) is 0 Å². The molecule has 19 heavy (non-hydrogen) atoms. The zero-order valence-corrected chi connectivity index (χ0v) is 11.0. The van der Waals surface area contributed by atoms with Crippen LogP contribution in [0, 0.1) is 0 Å². The van der Waals surface area contributed by atoms with Crippen molar-refractivity contribution in [2.24, 2.45) is 5.73 Å². The van der Waals surface area contributed by atoms with Gasteiger partial charge >= 0.3 is 0 Å². The molecular formula is C17H19NO. The van der Waals surface area contributed by atoms with Crippen molar-refractivity contribution in [1.29, 1.82) is 0 Å². The average molecular weight is 253 g/mol. The number of hydrogen-bond donors (Lipinski definition) is 1. The second-order valence-corrected chi connectivity index (χ2v) is 4.46. The smallest absolute Gasteiger partial charge is 0.127 e. The summed E-state index contributed by atoms with van der Waals surface area (Å²) >= 11 is 0. The predicted molar refractivity (Wildman–Crippen MR) is 79.3 cm³/mol. The summed E-state index contributed by atoms with van der Waals surface area (Å²) in [6.45, 7) is 3.72. The molecule has 0 saturated carbocycles. The maximum Gasteiger partial charge on any atom is 0.127 e. The molecule has 2 nitrogen and oxygen atoms in total. The van der Waals surface area contributed by atoms with Crippen LogP contribution in [0.25, 0.3) is 0 Å². The number of rotatable bonds is 6. The summed E-state index contributed by atoms with van der Waals surface area (Å²) in [5.74, 6) is 1.65. The van der Waals surface area contributed by atoms with Gasteiger partial charge in [0.25, 0.3) is 0 Å². The Bertz CT molecular complexity index is 522. The molecule has 98 valence electrons. The maximum atomic E-state index is 6.14. The summed E-state index contributed by atoms with van der Waals surface area (Å²) in [6, 6.07) is 17.7. The Morgan fingerprint density at radius 2 is 1.79 bits per heavy atom. The highest BCUT2D eigenvalue weighted by Crippen LogP contribution is 2.25. The van der Waals surface area contributed by atoms with Crippen LogP contribution in [0.2, 0.25) is 0 Å². The second kappa shape index (κ2) is 6.76. The Labute approximate surface area is 114 Å². The van der Waals surface area contributed by atoms with Gasteiger partial charge in [-0.2, -0.15) is 0 Å². The summed E-state index contributed by atoms with van der Waals surface area (Å²) in [4.78, 5) is 0. The minimum Gasteiger partial charge on any atom is -0.457 e. The number of hydrogen-bond acceptors (Lipinski definition) is 2. The summed E-state index contributed by atoms with van der Waals surface area (Å²) in [5.41, 5.74) is 7.23. The molecule has 1 unspecified atom stereocenters. The number of allylic oxidation sites excluding steroid dienone is 1. The van der Waals surface area contributed by atoms with Gasteiger partial charge in [0.05, 0.1) is 0 Å². The molecule has 1 atom stereocenters. The van der Waals surface area contributed by atoms with Crippen molar-refractivity contribution in [3.05, 3.63) is 72.8 Å². The molecule has 0 fully saturated rings. The fourth-order valence-electron chi connectivity index (χ4n) is 1.90. The van der Waals surface area contributed by atoms with Gasteiger partial charge in [0.1, 0.15) is 11.5 Å². The Kier molecular flexibility index (Phi) is 4.76. The van der Waals surface area contributed by atoms with Crippen LogP contribution in [0.4, 0.5) is 0 Å². The van der Waals surface area contributed by atoms with Gasteiger partial charge in [0.15, 0.2) is 0 Å². The lowest BCUT2D eigenvalue weighted by Crippen LogP contribution is -2.09. The molecule has 2 N–H and O–H groups in total. The third-order valence-electron chi connectivity index (χ3n) is 2.95. The van der Waals surface area contributed by atoms with E-state index in [1.807, 2.05) is 60.7 Å². The highest BCUT2D eigenvalue weighted by molar-refractivity contribution is 5.34. The van der Waals surface area contributed by atoms with Crippen molar-refractivity contribution in [3.63, 3.8) is 0 Å². The van der Waals surface area contributed by atoms with E-state index >= 15 is 0 Å². The Morgan fingerprint density at radius 3 is 2.53 bits per heavy atom. The topological polar surface area (TPSA) is 35.2 Å².